The molecular weight excluding hydrogens is 220 g/mol. The fourth-order valence-corrected chi connectivity index (χ4v) is 2.17. The van der Waals surface area contributed by atoms with Gasteiger partial charge in [0.2, 0.25) is 11.5 Å². The molecular formula is C11H10N4O2. The SMILES string of the molecule is N#CN1CC[C@@]2(C1)Oc1ncccc1NC2=O. The van der Waals surface area contributed by atoms with Crippen LogP contribution in [0.2, 0.25) is 0 Å². The van der Waals surface area contributed by atoms with E-state index >= 15 is 0 Å². The van der Waals surface area contributed by atoms with Crippen molar-refractivity contribution in [3.8, 4) is 12.1 Å². The van der Waals surface area contributed by atoms with Gasteiger partial charge in [0.15, 0.2) is 6.19 Å². The topological polar surface area (TPSA) is 78.2 Å². The first kappa shape index (κ1) is 9.90. The quantitative estimate of drug-likeness (QED) is 0.650. The third-order valence-electron chi connectivity index (χ3n) is 3.10. The van der Waals surface area contributed by atoms with Gasteiger partial charge in [-0.05, 0) is 12.1 Å². The second-order valence-electron chi connectivity index (χ2n) is 4.18. The fraction of sp³-hybridized carbons (Fsp3) is 0.364. The Morgan fingerprint density at radius 3 is 3.29 bits per heavy atom. The van der Waals surface area contributed by atoms with Crippen LogP contribution in [0.4, 0.5) is 5.69 Å². The second kappa shape index (κ2) is 3.35. The van der Waals surface area contributed by atoms with E-state index in [0.717, 1.165) is 0 Å². The molecule has 1 aromatic heterocycles. The lowest BCUT2D eigenvalue weighted by atomic mass is 10.0. The van der Waals surface area contributed by atoms with Crippen LogP contribution in [0.5, 0.6) is 5.88 Å². The van der Waals surface area contributed by atoms with Crippen molar-refractivity contribution in [2.75, 3.05) is 18.4 Å². The zero-order chi connectivity index (χ0) is 11.9. The molecule has 1 saturated heterocycles. The molecule has 1 amide bonds. The van der Waals surface area contributed by atoms with Gasteiger partial charge in [0.1, 0.15) is 5.69 Å². The Kier molecular flexibility index (Phi) is 1.95. The number of hydrogen-bond donors (Lipinski definition) is 1. The van der Waals surface area contributed by atoms with Gasteiger partial charge in [0.05, 0.1) is 6.54 Å². The van der Waals surface area contributed by atoms with Crippen LogP contribution in [0.15, 0.2) is 18.3 Å². The number of pyridine rings is 1. The van der Waals surface area contributed by atoms with E-state index in [-0.39, 0.29) is 12.5 Å². The number of hydrogen-bond acceptors (Lipinski definition) is 5. The molecule has 17 heavy (non-hydrogen) atoms. The first-order chi connectivity index (χ1) is 8.23. The highest BCUT2D eigenvalue weighted by atomic mass is 16.5. The number of carbonyl (C=O) groups is 1. The summed E-state index contributed by atoms with van der Waals surface area (Å²) in [6, 6.07) is 3.47. The number of likely N-dealkylation sites (tertiary alicyclic amines) is 1. The van der Waals surface area contributed by atoms with E-state index < -0.39 is 5.60 Å². The number of nitrogens with zero attached hydrogens (tertiary/aromatic N) is 3. The molecule has 3 rings (SSSR count). The van der Waals surface area contributed by atoms with E-state index in [1.807, 2.05) is 6.19 Å². The number of anilines is 1. The van der Waals surface area contributed by atoms with E-state index in [2.05, 4.69) is 10.3 Å². The molecule has 6 heteroatoms. The molecule has 1 fully saturated rings. The van der Waals surface area contributed by atoms with Crippen LogP contribution in [0, 0.1) is 11.5 Å². The molecule has 0 unspecified atom stereocenters. The van der Waals surface area contributed by atoms with E-state index in [0.29, 0.717) is 24.5 Å². The maximum atomic E-state index is 12.0. The van der Waals surface area contributed by atoms with Crippen LogP contribution in [0.1, 0.15) is 6.42 Å². The third kappa shape index (κ3) is 1.40. The van der Waals surface area contributed by atoms with Crippen LogP contribution < -0.4 is 10.1 Å². The van der Waals surface area contributed by atoms with Gasteiger partial charge in [-0.3, -0.25) is 4.79 Å². The molecule has 2 aliphatic heterocycles. The van der Waals surface area contributed by atoms with Gasteiger partial charge in [-0.25, -0.2) is 4.98 Å². The lowest BCUT2D eigenvalue weighted by Crippen LogP contribution is -2.52. The number of rotatable bonds is 0. The first-order valence-electron chi connectivity index (χ1n) is 5.34. The number of nitriles is 1. The third-order valence-corrected chi connectivity index (χ3v) is 3.10. The minimum Gasteiger partial charge on any atom is -0.457 e. The summed E-state index contributed by atoms with van der Waals surface area (Å²) in [6.45, 7) is 0.817. The van der Waals surface area contributed by atoms with Crippen molar-refractivity contribution < 1.29 is 9.53 Å². The molecule has 6 nitrogen and oxygen atoms in total. The molecule has 0 bridgehead atoms. The Hall–Kier alpha value is -2.29. The van der Waals surface area contributed by atoms with Gasteiger partial charge in [0.25, 0.3) is 5.91 Å². The summed E-state index contributed by atoms with van der Waals surface area (Å²) in [5.41, 5.74) is -0.379. The minimum absolute atomic E-state index is 0.198. The molecule has 86 valence electrons. The smallest absolute Gasteiger partial charge is 0.270 e. The predicted octanol–water partition coefficient (Wildman–Crippen LogP) is 0.338. The Morgan fingerprint density at radius 2 is 2.53 bits per heavy atom. The van der Waals surface area contributed by atoms with Gasteiger partial charge in [-0.1, -0.05) is 0 Å². The van der Waals surface area contributed by atoms with Crippen LogP contribution >= 0.6 is 0 Å². The summed E-state index contributed by atoms with van der Waals surface area (Å²) in [7, 11) is 0. The number of amides is 1. The Balaban J connectivity index is 1.95. The zero-order valence-electron chi connectivity index (χ0n) is 9.01. The highest BCUT2D eigenvalue weighted by Crippen LogP contribution is 2.36. The average molecular weight is 230 g/mol. The predicted molar refractivity (Wildman–Crippen MR) is 58.0 cm³/mol. The Bertz CT molecular complexity index is 524. The number of fused-ring (bicyclic) bond motifs is 1. The summed E-state index contributed by atoms with van der Waals surface area (Å²) in [6.07, 6.45) is 4.15. The van der Waals surface area contributed by atoms with Crippen molar-refractivity contribution in [3.63, 3.8) is 0 Å². The number of aromatic nitrogens is 1. The summed E-state index contributed by atoms with van der Waals surface area (Å²) in [5.74, 6) is 0.225. The average Bonchev–Trinajstić information content (AvgIpc) is 2.75. The minimum atomic E-state index is -0.961. The summed E-state index contributed by atoms with van der Waals surface area (Å²) in [5, 5.41) is 11.6. The van der Waals surface area contributed by atoms with Crippen LogP contribution in [-0.2, 0) is 4.79 Å². The number of ether oxygens (including phenoxy) is 1. The molecule has 1 spiro atoms. The Morgan fingerprint density at radius 1 is 1.65 bits per heavy atom. The molecule has 1 atom stereocenters. The van der Waals surface area contributed by atoms with Crippen molar-refractivity contribution in [2.24, 2.45) is 0 Å². The van der Waals surface area contributed by atoms with Crippen LogP contribution in [0.25, 0.3) is 0 Å². The van der Waals surface area contributed by atoms with E-state index in [1.165, 1.54) is 4.90 Å². The number of carbonyl (C=O) groups excluding carboxylic acids is 1. The van der Waals surface area contributed by atoms with E-state index in [4.69, 9.17) is 10.00 Å². The molecule has 0 radical (unpaired) electrons. The van der Waals surface area contributed by atoms with Crippen LogP contribution in [0.3, 0.4) is 0 Å². The van der Waals surface area contributed by atoms with Gasteiger partial charge < -0.3 is 15.0 Å². The van der Waals surface area contributed by atoms with Gasteiger partial charge >= 0.3 is 0 Å². The van der Waals surface area contributed by atoms with Crippen molar-refractivity contribution in [3.05, 3.63) is 18.3 Å². The molecule has 0 aliphatic carbocycles. The molecule has 0 saturated carbocycles. The van der Waals surface area contributed by atoms with Crippen molar-refractivity contribution in [1.82, 2.24) is 9.88 Å². The largest absolute Gasteiger partial charge is 0.457 e. The molecule has 1 N–H and O–H groups in total. The fourth-order valence-electron chi connectivity index (χ4n) is 2.17. The van der Waals surface area contributed by atoms with Crippen molar-refractivity contribution in [2.45, 2.75) is 12.0 Å². The van der Waals surface area contributed by atoms with Gasteiger partial charge in [-0.15, -0.1) is 0 Å². The molecule has 3 heterocycles. The lowest BCUT2D eigenvalue weighted by molar-refractivity contribution is -0.131. The summed E-state index contributed by atoms with van der Waals surface area (Å²) >= 11 is 0. The van der Waals surface area contributed by atoms with Crippen LogP contribution in [-0.4, -0.2) is 34.5 Å². The normalized spacial score (nSPS) is 26.1. The molecule has 2 aliphatic rings. The highest BCUT2D eigenvalue weighted by Gasteiger charge is 2.50. The maximum absolute atomic E-state index is 12.0. The van der Waals surface area contributed by atoms with Gasteiger partial charge in [0, 0.05) is 19.2 Å². The molecule has 0 aromatic carbocycles. The number of nitrogens with one attached hydrogen (secondary N) is 1. The van der Waals surface area contributed by atoms with E-state index in [9.17, 15) is 4.79 Å². The Labute approximate surface area is 97.8 Å². The standard InChI is InChI=1S/C11H10N4O2/c12-7-15-5-3-11(6-15)10(16)14-8-2-1-4-13-9(8)17-11/h1-2,4H,3,5-6H2,(H,14,16)/t11-/m0/s1. The lowest BCUT2D eigenvalue weighted by Gasteiger charge is -2.32. The summed E-state index contributed by atoms with van der Waals surface area (Å²) < 4.78 is 5.71. The second-order valence-corrected chi connectivity index (χ2v) is 4.18. The highest BCUT2D eigenvalue weighted by molar-refractivity contribution is 6.00. The van der Waals surface area contributed by atoms with Crippen molar-refractivity contribution >= 4 is 11.6 Å². The van der Waals surface area contributed by atoms with Crippen molar-refractivity contribution in [1.29, 1.82) is 5.26 Å². The first-order valence-corrected chi connectivity index (χ1v) is 5.34. The zero-order valence-corrected chi connectivity index (χ0v) is 9.01. The monoisotopic (exact) mass is 230 g/mol. The summed E-state index contributed by atoms with van der Waals surface area (Å²) in [4.78, 5) is 17.6. The molecule has 1 aromatic rings. The maximum Gasteiger partial charge on any atom is 0.270 e. The van der Waals surface area contributed by atoms with Gasteiger partial charge in [-0.2, -0.15) is 5.26 Å². The van der Waals surface area contributed by atoms with E-state index in [1.54, 1.807) is 18.3 Å².